The average molecular weight is 299 g/mol. The first-order valence-electron chi connectivity index (χ1n) is 6.42. The lowest BCUT2D eigenvalue weighted by Gasteiger charge is -2.08. The van der Waals surface area contributed by atoms with Crippen molar-refractivity contribution in [2.24, 2.45) is 15.9 Å². The van der Waals surface area contributed by atoms with Crippen LogP contribution in [0.2, 0.25) is 0 Å². The molecule has 0 aliphatic rings. The van der Waals surface area contributed by atoms with Crippen molar-refractivity contribution in [2.45, 2.75) is 34.1 Å². The summed E-state index contributed by atoms with van der Waals surface area (Å²) in [5, 5.41) is 17.0. The summed E-state index contributed by atoms with van der Waals surface area (Å²) in [6.07, 6.45) is 0.118. The van der Waals surface area contributed by atoms with Crippen LogP contribution in [0.3, 0.4) is 0 Å². The standard InChI is InChI=1S/C13H21N3O5/c1-5-20-12(18)10(13(19)21-6-2)11(14)16-15-8(3)7-9(4)17/h18H,5-7H2,1-4H3,(H2,14,16)/b12-10?,15-8+. The Kier molecular flexibility index (Phi) is 8.43. The van der Waals surface area contributed by atoms with Gasteiger partial charge in [0.05, 0.1) is 13.2 Å². The van der Waals surface area contributed by atoms with Crippen LogP contribution in [0.4, 0.5) is 0 Å². The van der Waals surface area contributed by atoms with Crippen molar-refractivity contribution in [3.8, 4) is 0 Å². The van der Waals surface area contributed by atoms with Gasteiger partial charge in [-0.3, -0.25) is 4.79 Å². The molecule has 8 nitrogen and oxygen atoms in total. The van der Waals surface area contributed by atoms with Crippen molar-refractivity contribution in [3.05, 3.63) is 11.5 Å². The number of aliphatic hydroxyl groups excluding tert-OH is 1. The molecular weight excluding hydrogens is 278 g/mol. The number of nitrogens with zero attached hydrogens (tertiary/aromatic N) is 2. The van der Waals surface area contributed by atoms with Gasteiger partial charge in [0.15, 0.2) is 11.4 Å². The molecule has 0 aromatic rings. The second-order valence-electron chi connectivity index (χ2n) is 4.03. The highest BCUT2D eigenvalue weighted by Crippen LogP contribution is 2.07. The minimum absolute atomic E-state index is 0.0802. The van der Waals surface area contributed by atoms with Crippen LogP contribution in [-0.4, -0.2) is 41.6 Å². The summed E-state index contributed by atoms with van der Waals surface area (Å²) in [7, 11) is 0. The maximum Gasteiger partial charge on any atom is 0.349 e. The molecule has 3 N–H and O–H groups in total. The normalized spacial score (nSPS) is 13.5. The van der Waals surface area contributed by atoms with E-state index in [0.29, 0.717) is 5.71 Å². The van der Waals surface area contributed by atoms with Gasteiger partial charge in [-0.25, -0.2) is 4.79 Å². The van der Waals surface area contributed by atoms with Crippen molar-refractivity contribution in [1.82, 2.24) is 0 Å². The lowest BCUT2D eigenvalue weighted by Crippen LogP contribution is -2.25. The predicted octanol–water partition coefficient (Wildman–Crippen LogP) is 1.07. The minimum Gasteiger partial charge on any atom is -0.480 e. The van der Waals surface area contributed by atoms with E-state index in [1.807, 2.05) is 0 Å². The number of ketones is 1. The SMILES string of the molecule is CCOC(=O)C(C(N)=N/N=C(\C)CC(C)=O)=C(O)OCC. The Bertz CT molecular complexity index is 480. The number of hydrogen-bond donors (Lipinski definition) is 2. The number of carbonyl (C=O) groups excluding carboxylic acids is 2. The second kappa shape index (κ2) is 9.51. The first kappa shape index (κ1) is 18.6. The topological polar surface area (TPSA) is 124 Å². The highest BCUT2D eigenvalue weighted by Gasteiger charge is 2.22. The molecule has 0 bridgehead atoms. The summed E-state index contributed by atoms with van der Waals surface area (Å²) in [5.74, 6) is -1.99. The number of nitrogens with two attached hydrogens (primary N) is 1. The molecule has 0 spiro atoms. The Morgan fingerprint density at radius 1 is 1.10 bits per heavy atom. The summed E-state index contributed by atoms with van der Waals surface area (Å²) in [6, 6.07) is 0. The van der Waals surface area contributed by atoms with Crippen LogP contribution >= 0.6 is 0 Å². The smallest absolute Gasteiger partial charge is 0.349 e. The third-order valence-electron chi connectivity index (χ3n) is 2.06. The molecule has 0 aliphatic carbocycles. The van der Waals surface area contributed by atoms with E-state index in [1.165, 1.54) is 6.92 Å². The van der Waals surface area contributed by atoms with Gasteiger partial charge in [-0.05, 0) is 27.7 Å². The van der Waals surface area contributed by atoms with Crippen LogP contribution < -0.4 is 5.73 Å². The van der Waals surface area contributed by atoms with Gasteiger partial charge in [0.25, 0.3) is 5.95 Å². The monoisotopic (exact) mass is 299 g/mol. The van der Waals surface area contributed by atoms with Crippen molar-refractivity contribution in [3.63, 3.8) is 0 Å². The summed E-state index contributed by atoms with van der Waals surface area (Å²) in [4.78, 5) is 22.7. The van der Waals surface area contributed by atoms with Crippen LogP contribution in [0.25, 0.3) is 0 Å². The molecule has 0 saturated heterocycles. The summed E-state index contributed by atoms with van der Waals surface area (Å²) >= 11 is 0. The first-order chi connectivity index (χ1) is 9.83. The van der Waals surface area contributed by atoms with E-state index >= 15 is 0 Å². The Morgan fingerprint density at radius 3 is 2.14 bits per heavy atom. The van der Waals surface area contributed by atoms with Crippen LogP contribution in [0, 0.1) is 0 Å². The lowest BCUT2D eigenvalue weighted by molar-refractivity contribution is -0.138. The molecule has 0 unspecified atom stereocenters. The zero-order valence-electron chi connectivity index (χ0n) is 12.7. The molecule has 0 radical (unpaired) electrons. The number of hydrogen-bond acceptors (Lipinski definition) is 7. The van der Waals surface area contributed by atoms with Crippen molar-refractivity contribution in [1.29, 1.82) is 0 Å². The van der Waals surface area contributed by atoms with E-state index in [0.717, 1.165) is 0 Å². The van der Waals surface area contributed by atoms with Crippen LogP contribution in [0.15, 0.2) is 21.7 Å². The fraction of sp³-hybridized carbons (Fsp3) is 0.538. The zero-order valence-corrected chi connectivity index (χ0v) is 12.7. The summed E-state index contributed by atoms with van der Waals surface area (Å²) < 4.78 is 9.60. The van der Waals surface area contributed by atoms with E-state index < -0.39 is 17.5 Å². The summed E-state index contributed by atoms with van der Waals surface area (Å²) in [5.41, 5.74) is 5.64. The highest BCUT2D eigenvalue weighted by molar-refractivity contribution is 6.18. The number of amidine groups is 1. The van der Waals surface area contributed by atoms with E-state index in [4.69, 9.17) is 15.2 Å². The maximum atomic E-state index is 11.7. The molecule has 0 aromatic carbocycles. The maximum absolute atomic E-state index is 11.7. The van der Waals surface area contributed by atoms with Gasteiger partial charge in [0.2, 0.25) is 0 Å². The zero-order chi connectivity index (χ0) is 16.4. The van der Waals surface area contributed by atoms with Gasteiger partial charge in [0.1, 0.15) is 5.78 Å². The van der Waals surface area contributed by atoms with Gasteiger partial charge in [-0.15, -0.1) is 5.10 Å². The molecule has 21 heavy (non-hydrogen) atoms. The van der Waals surface area contributed by atoms with E-state index in [2.05, 4.69) is 10.2 Å². The van der Waals surface area contributed by atoms with E-state index in [-0.39, 0.29) is 31.3 Å². The Labute approximate surface area is 123 Å². The predicted molar refractivity (Wildman–Crippen MR) is 77.9 cm³/mol. The number of Topliss-reactive ketones (excluding diaryl/α,β-unsaturated/α-hetero) is 1. The first-order valence-corrected chi connectivity index (χ1v) is 6.42. The summed E-state index contributed by atoms with van der Waals surface area (Å²) in [6.45, 7) is 6.47. The van der Waals surface area contributed by atoms with E-state index in [9.17, 15) is 14.7 Å². The van der Waals surface area contributed by atoms with Gasteiger partial charge >= 0.3 is 5.97 Å². The minimum atomic E-state index is -0.871. The van der Waals surface area contributed by atoms with Crippen molar-refractivity contribution >= 4 is 23.3 Å². The molecule has 0 amide bonds. The molecule has 0 fully saturated rings. The largest absolute Gasteiger partial charge is 0.480 e. The number of rotatable bonds is 8. The Morgan fingerprint density at radius 2 is 1.67 bits per heavy atom. The quantitative estimate of drug-likeness (QED) is 0.172. The Balaban J connectivity index is 5.39. The van der Waals surface area contributed by atoms with Gasteiger partial charge in [0, 0.05) is 12.1 Å². The number of ether oxygens (including phenoxy) is 2. The van der Waals surface area contributed by atoms with Crippen LogP contribution in [0.1, 0.15) is 34.1 Å². The van der Waals surface area contributed by atoms with Crippen molar-refractivity contribution in [2.75, 3.05) is 13.2 Å². The molecule has 0 aromatic heterocycles. The molecule has 118 valence electrons. The molecular formula is C13H21N3O5. The third-order valence-corrected chi connectivity index (χ3v) is 2.06. The second-order valence-corrected chi connectivity index (χ2v) is 4.03. The molecule has 0 saturated carbocycles. The lowest BCUT2D eigenvalue weighted by atomic mass is 10.2. The van der Waals surface area contributed by atoms with Crippen molar-refractivity contribution < 1.29 is 24.2 Å². The Hall–Kier alpha value is -2.38. The molecule has 0 rings (SSSR count). The van der Waals surface area contributed by atoms with Crippen LogP contribution in [0.5, 0.6) is 0 Å². The highest BCUT2D eigenvalue weighted by atomic mass is 16.6. The number of esters is 1. The molecule has 0 aliphatic heterocycles. The number of carbonyl (C=O) groups is 2. The number of aliphatic hydroxyl groups is 1. The van der Waals surface area contributed by atoms with Gasteiger partial charge in [-0.1, -0.05) is 0 Å². The molecule has 0 heterocycles. The third kappa shape index (κ3) is 7.09. The average Bonchev–Trinajstić information content (AvgIpc) is 2.36. The van der Waals surface area contributed by atoms with Crippen LogP contribution in [-0.2, 0) is 19.1 Å². The van der Waals surface area contributed by atoms with Gasteiger partial charge in [-0.2, -0.15) is 5.10 Å². The molecule has 0 atom stereocenters. The fourth-order valence-corrected chi connectivity index (χ4v) is 1.30. The molecule has 8 heteroatoms. The fourth-order valence-electron chi connectivity index (χ4n) is 1.30. The van der Waals surface area contributed by atoms with E-state index in [1.54, 1.807) is 20.8 Å². The van der Waals surface area contributed by atoms with Gasteiger partial charge < -0.3 is 20.3 Å².